The van der Waals surface area contributed by atoms with Gasteiger partial charge in [-0.3, -0.25) is 0 Å². The fourth-order valence-corrected chi connectivity index (χ4v) is 3.91. The van der Waals surface area contributed by atoms with E-state index in [2.05, 4.69) is 25.1 Å². The van der Waals surface area contributed by atoms with E-state index in [1.165, 1.54) is 38.6 Å². The van der Waals surface area contributed by atoms with E-state index in [0.717, 1.165) is 25.0 Å². The molecule has 2 unspecified atom stereocenters. The first-order valence-electron chi connectivity index (χ1n) is 7.18. The summed E-state index contributed by atoms with van der Waals surface area (Å²) in [6.45, 7) is 5.70. The number of hydrogen-bond donors (Lipinski definition) is 0. The average Bonchev–Trinajstić information content (AvgIpc) is 2.30. The molecule has 0 amide bonds. The summed E-state index contributed by atoms with van der Waals surface area (Å²) in [6, 6.07) is 0. The lowest BCUT2D eigenvalue weighted by atomic mass is 9.65. The molecule has 1 aliphatic carbocycles. The highest BCUT2D eigenvalue weighted by atomic mass is 16.5. The van der Waals surface area contributed by atoms with Crippen molar-refractivity contribution in [3.63, 3.8) is 0 Å². The van der Waals surface area contributed by atoms with Crippen LogP contribution in [-0.4, -0.2) is 31.7 Å². The standard InChI is InChI=1S/C15H25NO/c1-12-5-7-16(2)9-14(12)13-4-3-6-15(8-13)10-17-11-15/h9,12-13H,3-8,10-11H2,1-2H3. The normalized spacial score (nSPS) is 36.6. The lowest BCUT2D eigenvalue weighted by Gasteiger charge is -2.48. The van der Waals surface area contributed by atoms with Gasteiger partial charge in [-0.2, -0.15) is 0 Å². The van der Waals surface area contributed by atoms with Crippen LogP contribution in [0.25, 0.3) is 0 Å². The van der Waals surface area contributed by atoms with Gasteiger partial charge in [-0.05, 0) is 49.3 Å². The molecule has 0 N–H and O–H groups in total. The maximum atomic E-state index is 5.47. The van der Waals surface area contributed by atoms with Crippen LogP contribution in [0.15, 0.2) is 11.8 Å². The number of nitrogens with zero attached hydrogens (tertiary/aromatic N) is 1. The van der Waals surface area contributed by atoms with Crippen LogP contribution >= 0.6 is 0 Å². The Labute approximate surface area is 105 Å². The van der Waals surface area contributed by atoms with E-state index in [1.807, 2.05) is 0 Å². The third-order valence-corrected chi connectivity index (χ3v) is 5.08. The van der Waals surface area contributed by atoms with Crippen LogP contribution in [0.1, 0.15) is 39.0 Å². The second kappa shape index (κ2) is 4.31. The van der Waals surface area contributed by atoms with E-state index in [-0.39, 0.29) is 0 Å². The van der Waals surface area contributed by atoms with Gasteiger partial charge in [0, 0.05) is 19.0 Å². The molecule has 2 heteroatoms. The minimum Gasteiger partial charge on any atom is -0.380 e. The zero-order valence-electron chi connectivity index (χ0n) is 11.2. The van der Waals surface area contributed by atoms with Crippen molar-refractivity contribution in [3.8, 4) is 0 Å². The summed E-state index contributed by atoms with van der Waals surface area (Å²) in [5.74, 6) is 1.64. The van der Waals surface area contributed by atoms with Crippen molar-refractivity contribution in [2.24, 2.45) is 17.3 Å². The molecule has 2 atom stereocenters. The highest BCUT2D eigenvalue weighted by molar-refractivity contribution is 5.15. The molecule has 1 saturated heterocycles. The summed E-state index contributed by atoms with van der Waals surface area (Å²) < 4.78 is 5.47. The Balaban J connectivity index is 1.74. The van der Waals surface area contributed by atoms with E-state index < -0.39 is 0 Å². The van der Waals surface area contributed by atoms with Gasteiger partial charge < -0.3 is 9.64 Å². The monoisotopic (exact) mass is 235 g/mol. The number of allylic oxidation sites excluding steroid dienone is 1. The molecule has 2 aliphatic heterocycles. The average molecular weight is 235 g/mol. The molecule has 2 fully saturated rings. The third-order valence-electron chi connectivity index (χ3n) is 5.08. The topological polar surface area (TPSA) is 12.5 Å². The quantitative estimate of drug-likeness (QED) is 0.692. The Morgan fingerprint density at radius 3 is 2.88 bits per heavy atom. The van der Waals surface area contributed by atoms with E-state index in [0.29, 0.717) is 5.41 Å². The maximum Gasteiger partial charge on any atom is 0.0545 e. The molecule has 96 valence electrons. The van der Waals surface area contributed by atoms with Gasteiger partial charge in [0.15, 0.2) is 0 Å². The van der Waals surface area contributed by atoms with Crippen molar-refractivity contribution >= 4 is 0 Å². The lowest BCUT2D eigenvalue weighted by molar-refractivity contribution is -0.138. The first-order chi connectivity index (χ1) is 8.19. The van der Waals surface area contributed by atoms with Gasteiger partial charge in [0.25, 0.3) is 0 Å². The molecular weight excluding hydrogens is 210 g/mol. The zero-order chi connectivity index (χ0) is 11.9. The molecule has 2 nitrogen and oxygen atoms in total. The summed E-state index contributed by atoms with van der Waals surface area (Å²) in [4.78, 5) is 2.38. The predicted octanol–water partition coefficient (Wildman–Crippen LogP) is 3.05. The van der Waals surface area contributed by atoms with Crippen LogP contribution in [0.5, 0.6) is 0 Å². The summed E-state index contributed by atoms with van der Waals surface area (Å²) in [6.07, 6.45) is 9.38. The van der Waals surface area contributed by atoms with Gasteiger partial charge in [-0.15, -0.1) is 0 Å². The summed E-state index contributed by atoms with van der Waals surface area (Å²) in [5, 5.41) is 0. The largest absolute Gasteiger partial charge is 0.380 e. The first-order valence-corrected chi connectivity index (χ1v) is 7.18. The van der Waals surface area contributed by atoms with Crippen LogP contribution in [0.3, 0.4) is 0 Å². The maximum absolute atomic E-state index is 5.47. The van der Waals surface area contributed by atoms with Gasteiger partial charge in [0.1, 0.15) is 0 Å². The van der Waals surface area contributed by atoms with Crippen LogP contribution in [0.4, 0.5) is 0 Å². The fourth-order valence-electron chi connectivity index (χ4n) is 3.91. The minimum atomic E-state index is 0.569. The highest BCUT2D eigenvalue weighted by Crippen LogP contribution is 2.48. The molecule has 0 aromatic rings. The molecule has 17 heavy (non-hydrogen) atoms. The third kappa shape index (κ3) is 2.12. The van der Waals surface area contributed by atoms with E-state index in [1.54, 1.807) is 5.57 Å². The Bertz CT molecular complexity index is 319. The SMILES string of the molecule is CC1CCN(C)C=C1C1CCCC2(COC2)C1. The Kier molecular flexibility index (Phi) is 2.94. The van der Waals surface area contributed by atoms with Crippen molar-refractivity contribution in [1.29, 1.82) is 0 Å². The lowest BCUT2D eigenvalue weighted by Crippen LogP contribution is -2.46. The van der Waals surface area contributed by atoms with Crippen LogP contribution in [-0.2, 0) is 4.74 Å². The molecule has 0 radical (unpaired) electrons. The van der Waals surface area contributed by atoms with Gasteiger partial charge in [-0.1, -0.05) is 13.3 Å². The van der Waals surface area contributed by atoms with Crippen molar-refractivity contribution in [2.75, 3.05) is 26.8 Å². The van der Waals surface area contributed by atoms with Gasteiger partial charge >= 0.3 is 0 Å². The zero-order valence-corrected chi connectivity index (χ0v) is 11.2. The van der Waals surface area contributed by atoms with Crippen molar-refractivity contribution in [1.82, 2.24) is 4.90 Å². The molecule has 3 rings (SSSR count). The predicted molar refractivity (Wildman–Crippen MR) is 69.7 cm³/mol. The van der Waals surface area contributed by atoms with Crippen LogP contribution < -0.4 is 0 Å². The van der Waals surface area contributed by atoms with Crippen molar-refractivity contribution < 1.29 is 4.74 Å². The number of rotatable bonds is 1. The molecular formula is C15H25NO. The molecule has 0 aromatic carbocycles. The highest BCUT2D eigenvalue weighted by Gasteiger charge is 2.43. The van der Waals surface area contributed by atoms with E-state index >= 15 is 0 Å². The Morgan fingerprint density at radius 1 is 1.35 bits per heavy atom. The molecule has 1 saturated carbocycles. The van der Waals surface area contributed by atoms with Gasteiger partial charge in [0.2, 0.25) is 0 Å². The van der Waals surface area contributed by atoms with Crippen LogP contribution in [0, 0.1) is 17.3 Å². The Hall–Kier alpha value is -0.500. The summed E-state index contributed by atoms with van der Waals surface area (Å²) >= 11 is 0. The fraction of sp³-hybridized carbons (Fsp3) is 0.867. The molecule has 0 bridgehead atoms. The minimum absolute atomic E-state index is 0.569. The first kappa shape index (κ1) is 11.6. The summed E-state index contributed by atoms with van der Waals surface area (Å²) in [7, 11) is 2.22. The van der Waals surface area contributed by atoms with E-state index in [9.17, 15) is 0 Å². The van der Waals surface area contributed by atoms with Gasteiger partial charge in [-0.25, -0.2) is 0 Å². The number of hydrogen-bond acceptors (Lipinski definition) is 2. The second-order valence-corrected chi connectivity index (χ2v) is 6.59. The molecule has 2 heterocycles. The second-order valence-electron chi connectivity index (χ2n) is 6.59. The molecule has 0 aromatic heterocycles. The summed E-state index contributed by atoms with van der Waals surface area (Å²) in [5.41, 5.74) is 2.30. The molecule has 3 aliphatic rings. The van der Waals surface area contributed by atoms with E-state index in [4.69, 9.17) is 4.74 Å². The van der Waals surface area contributed by atoms with Crippen LogP contribution in [0.2, 0.25) is 0 Å². The smallest absolute Gasteiger partial charge is 0.0545 e. The number of ether oxygens (including phenoxy) is 1. The van der Waals surface area contributed by atoms with Crippen molar-refractivity contribution in [2.45, 2.75) is 39.0 Å². The van der Waals surface area contributed by atoms with Gasteiger partial charge in [0.05, 0.1) is 13.2 Å². The molecule has 1 spiro atoms. The Morgan fingerprint density at radius 2 is 2.18 bits per heavy atom. The van der Waals surface area contributed by atoms with Crippen molar-refractivity contribution in [3.05, 3.63) is 11.8 Å².